The molecule has 2 aromatic rings. The van der Waals surface area contributed by atoms with Crippen molar-refractivity contribution in [3.8, 4) is 23.3 Å². The zero-order chi connectivity index (χ0) is 18.6. The van der Waals surface area contributed by atoms with Crippen LogP contribution in [0.5, 0.6) is 11.5 Å². The topological polar surface area (TPSA) is 47.6 Å². The molecule has 1 amide bonds. The highest BCUT2D eigenvalue weighted by Crippen LogP contribution is 2.41. The monoisotopic (exact) mass is 413 g/mol. The third kappa shape index (κ3) is 4.59. The van der Waals surface area contributed by atoms with Crippen LogP contribution in [0, 0.1) is 11.8 Å². The molecule has 0 spiro atoms. The van der Waals surface area contributed by atoms with Crippen molar-refractivity contribution < 1.29 is 14.3 Å². The first-order valence-corrected chi connectivity index (χ1v) is 9.17. The Balaban J connectivity index is 1.49. The number of rotatable bonds is 4. The van der Waals surface area contributed by atoms with Gasteiger partial charge in [0.25, 0.3) is 5.91 Å². The summed E-state index contributed by atoms with van der Waals surface area (Å²) in [6.07, 6.45) is 0.868. The largest absolute Gasteiger partial charge is 0.483 e. The van der Waals surface area contributed by atoms with Crippen molar-refractivity contribution in [3.63, 3.8) is 0 Å². The molecule has 0 atom stereocenters. The molecule has 0 fully saturated rings. The summed E-state index contributed by atoms with van der Waals surface area (Å²) in [5.74, 6) is 7.17. The van der Waals surface area contributed by atoms with E-state index in [2.05, 4.69) is 53.0 Å². The lowest BCUT2D eigenvalue weighted by Gasteiger charge is -2.17. The van der Waals surface area contributed by atoms with Gasteiger partial charge in [-0.2, -0.15) is 0 Å². The van der Waals surface area contributed by atoms with E-state index in [-0.39, 0.29) is 24.7 Å². The summed E-state index contributed by atoms with van der Waals surface area (Å²) >= 11 is 3.35. The molecular formula is C21H20BrNO3. The minimum atomic E-state index is -0.204. The standard InChI is InChI=1S/C21H20BrNO3/c1-21(2)14-16-8-6-10-18(19(16)26-21)25-12-4-3-11-23-20(24)15-7-5-9-17(22)13-15/h5-10,13H,11-12,14H2,1-2H3,(H,23,24). The summed E-state index contributed by atoms with van der Waals surface area (Å²) < 4.78 is 12.6. The van der Waals surface area contributed by atoms with Gasteiger partial charge in [-0.15, -0.1) is 0 Å². The van der Waals surface area contributed by atoms with Gasteiger partial charge in [-0.25, -0.2) is 0 Å². The zero-order valence-electron chi connectivity index (χ0n) is 14.8. The smallest absolute Gasteiger partial charge is 0.252 e. The maximum Gasteiger partial charge on any atom is 0.252 e. The van der Waals surface area contributed by atoms with Gasteiger partial charge < -0.3 is 14.8 Å². The quantitative estimate of drug-likeness (QED) is 0.771. The summed E-state index contributed by atoms with van der Waals surface area (Å²) in [4.78, 5) is 12.0. The molecule has 134 valence electrons. The molecule has 2 aromatic carbocycles. The maximum absolute atomic E-state index is 12.0. The second-order valence-electron chi connectivity index (χ2n) is 6.62. The Labute approximate surface area is 162 Å². The summed E-state index contributed by atoms with van der Waals surface area (Å²) in [5, 5.41) is 2.76. The maximum atomic E-state index is 12.0. The third-order valence-corrected chi connectivity index (χ3v) is 4.40. The van der Waals surface area contributed by atoms with E-state index in [0.29, 0.717) is 11.3 Å². The summed E-state index contributed by atoms with van der Waals surface area (Å²) in [6.45, 7) is 4.63. The molecule has 26 heavy (non-hydrogen) atoms. The average molecular weight is 414 g/mol. The van der Waals surface area contributed by atoms with Gasteiger partial charge in [-0.05, 0) is 38.1 Å². The number of amides is 1. The normalized spacial score (nSPS) is 13.8. The molecule has 1 aliphatic rings. The predicted molar refractivity (Wildman–Crippen MR) is 105 cm³/mol. The summed E-state index contributed by atoms with van der Waals surface area (Å²) in [6, 6.07) is 13.1. The molecule has 0 saturated heterocycles. The minimum Gasteiger partial charge on any atom is -0.483 e. The van der Waals surface area contributed by atoms with Gasteiger partial charge in [0.2, 0.25) is 0 Å². The van der Waals surface area contributed by atoms with E-state index >= 15 is 0 Å². The molecule has 0 bridgehead atoms. The number of fused-ring (bicyclic) bond motifs is 1. The van der Waals surface area contributed by atoms with Crippen molar-refractivity contribution in [3.05, 3.63) is 58.1 Å². The highest BCUT2D eigenvalue weighted by atomic mass is 79.9. The summed E-state index contributed by atoms with van der Waals surface area (Å²) in [7, 11) is 0. The van der Waals surface area contributed by atoms with E-state index in [0.717, 1.165) is 22.2 Å². The fourth-order valence-electron chi connectivity index (χ4n) is 2.78. The van der Waals surface area contributed by atoms with Gasteiger partial charge in [0.05, 0.1) is 6.54 Å². The minimum absolute atomic E-state index is 0.155. The number of halogens is 1. The molecule has 1 N–H and O–H groups in total. The van der Waals surface area contributed by atoms with E-state index in [4.69, 9.17) is 9.47 Å². The van der Waals surface area contributed by atoms with E-state index in [1.54, 1.807) is 12.1 Å². The molecular weight excluding hydrogens is 394 g/mol. The van der Waals surface area contributed by atoms with E-state index in [9.17, 15) is 4.79 Å². The highest BCUT2D eigenvalue weighted by molar-refractivity contribution is 9.10. The fourth-order valence-corrected chi connectivity index (χ4v) is 3.18. The van der Waals surface area contributed by atoms with Crippen LogP contribution in [0.3, 0.4) is 0 Å². The van der Waals surface area contributed by atoms with E-state index in [1.165, 1.54) is 0 Å². The van der Waals surface area contributed by atoms with Crippen molar-refractivity contribution in [1.29, 1.82) is 0 Å². The molecule has 0 unspecified atom stereocenters. The van der Waals surface area contributed by atoms with Crippen LogP contribution in [0.25, 0.3) is 0 Å². The van der Waals surface area contributed by atoms with Crippen LogP contribution < -0.4 is 14.8 Å². The van der Waals surface area contributed by atoms with Crippen LogP contribution in [0.4, 0.5) is 0 Å². The number of hydrogen-bond donors (Lipinski definition) is 1. The number of carbonyl (C=O) groups excluding carboxylic acids is 1. The van der Waals surface area contributed by atoms with Crippen LogP contribution in [0.1, 0.15) is 29.8 Å². The van der Waals surface area contributed by atoms with E-state index in [1.807, 2.05) is 24.3 Å². The van der Waals surface area contributed by atoms with Gasteiger partial charge in [0.15, 0.2) is 11.5 Å². The molecule has 1 aliphatic heterocycles. The Morgan fingerprint density at radius 3 is 2.88 bits per heavy atom. The number of carbonyl (C=O) groups is 1. The summed E-state index contributed by atoms with van der Waals surface area (Å²) in [5.41, 5.74) is 1.54. The van der Waals surface area contributed by atoms with Crippen LogP contribution in [0.15, 0.2) is 46.9 Å². The SMILES string of the molecule is CC1(C)Cc2cccc(OCC#CCNC(=O)c3cccc(Br)c3)c2O1. The second kappa shape index (κ2) is 7.84. The first-order valence-electron chi connectivity index (χ1n) is 8.38. The van der Waals surface area contributed by atoms with Crippen molar-refractivity contribution in [2.45, 2.75) is 25.9 Å². The van der Waals surface area contributed by atoms with Gasteiger partial charge in [-0.1, -0.05) is 46.0 Å². The Bertz CT molecular complexity index is 880. The molecule has 0 aliphatic carbocycles. The van der Waals surface area contributed by atoms with Gasteiger partial charge in [-0.3, -0.25) is 4.79 Å². The Hall–Kier alpha value is -2.45. The number of benzene rings is 2. The Morgan fingerprint density at radius 1 is 1.27 bits per heavy atom. The predicted octanol–water partition coefficient (Wildman–Crippen LogP) is 3.97. The second-order valence-corrected chi connectivity index (χ2v) is 7.53. The first-order chi connectivity index (χ1) is 12.4. The number of para-hydroxylation sites is 1. The first kappa shape index (κ1) is 18.3. The molecule has 4 nitrogen and oxygen atoms in total. The van der Waals surface area contributed by atoms with Crippen molar-refractivity contribution in [2.75, 3.05) is 13.2 Å². The van der Waals surface area contributed by atoms with Crippen LogP contribution in [0.2, 0.25) is 0 Å². The van der Waals surface area contributed by atoms with Crippen molar-refractivity contribution >= 4 is 21.8 Å². The average Bonchev–Trinajstić information content (AvgIpc) is 2.92. The van der Waals surface area contributed by atoms with Crippen molar-refractivity contribution in [1.82, 2.24) is 5.32 Å². The molecule has 5 heteroatoms. The van der Waals surface area contributed by atoms with Crippen LogP contribution in [-0.4, -0.2) is 24.7 Å². The zero-order valence-corrected chi connectivity index (χ0v) is 16.4. The molecule has 0 aromatic heterocycles. The Morgan fingerprint density at radius 2 is 2.08 bits per heavy atom. The Kier molecular flexibility index (Phi) is 5.53. The molecule has 0 saturated carbocycles. The molecule has 0 radical (unpaired) electrons. The lowest BCUT2D eigenvalue weighted by Crippen LogP contribution is -2.24. The highest BCUT2D eigenvalue weighted by Gasteiger charge is 2.32. The number of nitrogens with one attached hydrogen (secondary N) is 1. The van der Waals surface area contributed by atoms with Crippen LogP contribution >= 0.6 is 15.9 Å². The van der Waals surface area contributed by atoms with Gasteiger partial charge >= 0.3 is 0 Å². The molecule has 1 heterocycles. The molecule has 3 rings (SSSR count). The third-order valence-electron chi connectivity index (χ3n) is 3.90. The van der Waals surface area contributed by atoms with E-state index < -0.39 is 0 Å². The lowest BCUT2D eigenvalue weighted by molar-refractivity contribution is 0.0958. The number of ether oxygens (including phenoxy) is 2. The van der Waals surface area contributed by atoms with Crippen molar-refractivity contribution in [2.24, 2.45) is 0 Å². The van der Waals surface area contributed by atoms with Gasteiger partial charge in [0, 0.05) is 22.0 Å². The van der Waals surface area contributed by atoms with Crippen LogP contribution in [-0.2, 0) is 6.42 Å². The lowest BCUT2D eigenvalue weighted by atomic mass is 10.0. The van der Waals surface area contributed by atoms with Gasteiger partial charge in [0.1, 0.15) is 12.2 Å². The fraction of sp³-hybridized carbons (Fsp3) is 0.286. The number of hydrogen-bond acceptors (Lipinski definition) is 3.